The summed E-state index contributed by atoms with van der Waals surface area (Å²) in [6, 6.07) is 13.7. The van der Waals surface area contributed by atoms with E-state index < -0.39 is 0 Å². The Morgan fingerprint density at radius 2 is 1.85 bits per heavy atom. The van der Waals surface area contributed by atoms with Gasteiger partial charge in [0, 0.05) is 11.8 Å². The molecule has 3 nitrogen and oxygen atoms in total. The number of rotatable bonds is 4. The largest absolute Gasteiger partial charge is 0.504 e. The van der Waals surface area contributed by atoms with E-state index >= 15 is 0 Å². The van der Waals surface area contributed by atoms with Gasteiger partial charge >= 0.3 is 0 Å². The number of aliphatic imine (C=N–C) groups is 1. The first-order valence-corrected chi connectivity index (χ1v) is 6.57. The first-order chi connectivity index (χ1) is 9.61. The van der Waals surface area contributed by atoms with Crippen LogP contribution in [-0.4, -0.2) is 18.4 Å². The van der Waals surface area contributed by atoms with Crippen molar-refractivity contribution in [2.24, 2.45) is 4.99 Å². The molecule has 1 N–H and O–H groups in total. The second-order valence-corrected chi connectivity index (χ2v) is 4.76. The van der Waals surface area contributed by atoms with Gasteiger partial charge in [0.1, 0.15) is 0 Å². The number of methoxy groups -OCH3 is 1. The van der Waals surface area contributed by atoms with Crippen LogP contribution in [0.2, 0.25) is 0 Å². The summed E-state index contributed by atoms with van der Waals surface area (Å²) in [7, 11) is 1.53. The molecule has 2 aromatic rings. The maximum Gasteiger partial charge on any atom is 0.166 e. The lowest BCUT2D eigenvalue weighted by molar-refractivity contribution is 0.373. The van der Waals surface area contributed by atoms with Crippen molar-refractivity contribution in [1.82, 2.24) is 0 Å². The molecule has 2 rings (SSSR count). The Balaban J connectivity index is 2.19. The summed E-state index contributed by atoms with van der Waals surface area (Å²) in [4.78, 5) is 4.49. The van der Waals surface area contributed by atoms with E-state index in [-0.39, 0.29) is 11.8 Å². The van der Waals surface area contributed by atoms with Gasteiger partial charge in [0.25, 0.3) is 0 Å². The number of benzene rings is 2. The lowest BCUT2D eigenvalue weighted by Gasteiger charge is -2.08. The van der Waals surface area contributed by atoms with Crippen LogP contribution >= 0.6 is 0 Å². The Morgan fingerprint density at radius 1 is 1.15 bits per heavy atom. The van der Waals surface area contributed by atoms with E-state index in [0.717, 1.165) is 5.56 Å². The molecule has 20 heavy (non-hydrogen) atoms. The van der Waals surface area contributed by atoms with Crippen LogP contribution in [0.5, 0.6) is 11.5 Å². The lowest BCUT2D eigenvalue weighted by Crippen LogP contribution is -1.93. The van der Waals surface area contributed by atoms with E-state index in [9.17, 15) is 5.11 Å². The van der Waals surface area contributed by atoms with Gasteiger partial charge < -0.3 is 9.84 Å². The SMILES string of the molecule is COc1cccc(/C=N\C(C)c2ccc(C)cc2)c1O. The Morgan fingerprint density at radius 3 is 2.50 bits per heavy atom. The smallest absolute Gasteiger partial charge is 0.166 e. The van der Waals surface area contributed by atoms with Crippen LogP contribution in [0.25, 0.3) is 0 Å². The van der Waals surface area contributed by atoms with Crippen LogP contribution in [0, 0.1) is 6.92 Å². The van der Waals surface area contributed by atoms with Gasteiger partial charge in [-0.25, -0.2) is 0 Å². The lowest BCUT2D eigenvalue weighted by atomic mass is 10.1. The first-order valence-electron chi connectivity index (χ1n) is 6.57. The van der Waals surface area contributed by atoms with Crippen molar-refractivity contribution >= 4 is 6.21 Å². The average Bonchev–Trinajstić information content (AvgIpc) is 2.46. The van der Waals surface area contributed by atoms with E-state index in [0.29, 0.717) is 11.3 Å². The summed E-state index contributed by atoms with van der Waals surface area (Å²) in [5.74, 6) is 0.576. The van der Waals surface area contributed by atoms with Gasteiger partial charge in [0.2, 0.25) is 0 Å². The van der Waals surface area contributed by atoms with Crippen molar-refractivity contribution in [3.05, 3.63) is 59.2 Å². The number of para-hydroxylation sites is 1. The topological polar surface area (TPSA) is 41.8 Å². The van der Waals surface area contributed by atoms with E-state index in [1.165, 1.54) is 12.7 Å². The van der Waals surface area contributed by atoms with Gasteiger partial charge in [0.15, 0.2) is 11.5 Å². The molecule has 0 aliphatic carbocycles. The summed E-state index contributed by atoms with van der Waals surface area (Å²) in [5.41, 5.74) is 3.04. The van der Waals surface area contributed by atoms with Crippen LogP contribution in [0.15, 0.2) is 47.5 Å². The average molecular weight is 269 g/mol. The summed E-state index contributed by atoms with van der Waals surface area (Å²) in [6.45, 7) is 4.09. The van der Waals surface area contributed by atoms with Gasteiger partial charge in [-0.15, -0.1) is 0 Å². The predicted octanol–water partition coefficient (Wildman–Crippen LogP) is 3.89. The van der Waals surface area contributed by atoms with Crippen molar-refractivity contribution in [2.75, 3.05) is 7.11 Å². The monoisotopic (exact) mass is 269 g/mol. The molecule has 0 bridgehead atoms. The van der Waals surface area contributed by atoms with Crippen molar-refractivity contribution < 1.29 is 9.84 Å². The molecule has 0 heterocycles. The molecule has 0 spiro atoms. The number of ether oxygens (including phenoxy) is 1. The number of hydrogen-bond donors (Lipinski definition) is 1. The number of nitrogens with zero attached hydrogens (tertiary/aromatic N) is 1. The molecular formula is C17H19NO2. The molecule has 0 fully saturated rings. The number of aromatic hydroxyl groups is 1. The van der Waals surface area contributed by atoms with E-state index in [1.54, 1.807) is 12.3 Å². The molecule has 2 aromatic carbocycles. The van der Waals surface area contributed by atoms with E-state index in [4.69, 9.17) is 4.74 Å². The van der Waals surface area contributed by atoms with Crippen LogP contribution < -0.4 is 4.74 Å². The number of phenols is 1. The molecule has 0 saturated heterocycles. The molecule has 1 atom stereocenters. The highest BCUT2D eigenvalue weighted by molar-refractivity contribution is 5.84. The summed E-state index contributed by atoms with van der Waals surface area (Å²) >= 11 is 0. The molecule has 0 aliphatic rings. The van der Waals surface area contributed by atoms with Gasteiger partial charge in [0.05, 0.1) is 13.2 Å². The Hall–Kier alpha value is -2.29. The standard InChI is InChI=1S/C17H19NO2/c1-12-7-9-14(10-8-12)13(2)18-11-15-5-4-6-16(20-3)17(15)19/h4-11,13,19H,1-3H3/b18-11-. The fourth-order valence-electron chi connectivity index (χ4n) is 1.93. The van der Waals surface area contributed by atoms with Crippen molar-refractivity contribution in [3.63, 3.8) is 0 Å². The molecule has 104 valence electrons. The Bertz CT molecular complexity index is 603. The van der Waals surface area contributed by atoms with Gasteiger partial charge in [-0.2, -0.15) is 0 Å². The summed E-state index contributed by atoms with van der Waals surface area (Å²) in [6.07, 6.45) is 1.68. The third kappa shape index (κ3) is 3.18. The molecule has 3 heteroatoms. The van der Waals surface area contributed by atoms with Crippen LogP contribution in [0.1, 0.15) is 29.7 Å². The van der Waals surface area contributed by atoms with Crippen molar-refractivity contribution in [1.29, 1.82) is 0 Å². The molecule has 0 aliphatic heterocycles. The number of aryl methyl sites for hydroxylation is 1. The summed E-state index contributed by atoms with van der Waals surface area (Å²) in [5, 5.41) is 9.99. The fourth-order valence-corrected chi connectivity index (χ4v) is 1.93. The first kappa shape index (κ1) is 14.1. The second kappa shape index (κ2) is 6.24. The minimum atomic E-state index is 0.0428. The van der Waals surface area contributed by atoms with Crippen LogP contribution in [0.4, 0.5) is 0 Å². The van der Waals surface area contributed by atoms with Gasteiger partial charge in [-0.1, -0.05) is 35.9 Å². The Kier molecular flexibility index (Phi) is 4.41. The third-order valence-corrected chi connectivity index (χ3v) is 3.25. The normalized spacial score (nSPS) is 12.6. The maximum absolute atomic E-state index is 9.99. The minimum absolute atomic E-state index is 0.0428. The number of phenolic OH excluding ortho intramolecular Hbond substituents is 1. The Labute approximate surface area is 119 Å². The van der Waals surface area contributed by atoms with E-state index in [2.05, 4.69) is 36.2 Å². The summed E-state index contributed by atoms with van der Waals surface area (Å²) < 4.78 is 5.08. The highest BCUT2D eigenvalue weighted by atomic mass is 16.5. The highest BCUT2D eigenvalue weighted by Gasteiger charge is 2.06. The molecule has 0 radical (unpaired) electrons. The van der Waals surface area contributed by atoms with Crippen LogP contribution in [0.3, 0.4) is 0 Å². The zero-order chi connectivity index (χ0) is 14.5. The van der Waals surface area contributed by atoms with Crippen molar-refractivity contribution in [3.8, 4) is 11.5 Å². The maximum atomic E-state index is 9.99. The number of hydrogen-bond acceptors (Lipinski definition) is 3. The van der Waals surface area contributed by atoms with Gasteiger partial charge in [-0.05, 0) is 31.5 Å². The zero-order valence-electron chi connectivity index (χ0n) is 12.0. The molecular weight excluding hydrogens is 250 g/mol. The predicted molar refractivity (Wildman–Crippen MR) is 81.8 cm³/mol. The van der Waals surface area contributed by atoms with Crippen molar-refractivity contribution in [2.45, 2.75) is 19.9 Å². The minimum Gasteiger partial charge on any atom is -0.504 e. The second-order valence-electron chi connectivity index (χ2n) is 4.76. The molecule has 1 unspecified atom stereocenters. The third-order valence-electron chi connectivity index (χ3n) is 3.25. The molecule has 0 saturated carbocycles. The molecule has 0 aromatic heterocycles. The quantitative estimate of drug-likeness (QED) is 0.856. The zero-order valence-corrected chi connectivity index (χ0v) is 12.0. The van der Waals surface area contributed by atoms with Crippen LogP contribution in [-0.2, 0) is 0 Å². The van der Waals surface area contributed by atoms with E-state index in [1.807, 2.05) is 19.1 Å². The highest BCUT2D eigenvalue weighted by Crippen LogP contribution is 2.28. The fraction of sp³-hybridized carbons (Fsp3) is 0.235. The van der Waals surface area contributed by atoms with Gasteiger partial charge in [-0.3, -0.25) is 4.99 Å². The molecule has 0 amide bonds.